The van der Waals surface area contributed by atoms with Gasteiger partial charge in [-0.25, -0.2) is 0 Å². The fourth-order valence-electron chi connectivity index (χ4n) is 5.08. The summed E-state index contributed by atoms with van der Waals surface area (Å²) in [5.74, 6) is -0.240. The van der Waals surface area contributed by atoms with Gasteiger partial charge >= 0.3 is 5.97 Å². The van der Waals surface area contributed by atoms with Gasteiger partial charge in [-0.1, -0.05) is 54.9 Å². The second kappa shape index (κ2) is 21.3. The van der Waals surface area contributed by atoms with Gasteiger partial charge in [0.05, 0.1) is 30.3 Å². The maximum Gasteiger partial charge on any atom is 0.325 e. The molecule has 1 heterocycles. The Kier molecular flexibility index (Phi) is 19.2. The van der Waals surface area contributed by atoms with Gasteiger partial charge < -0.3 is 30.3 Å². The minimum absolute atomic E-state index is 0.0179. The van der Waals surface area contributed by atoms with Crippen LogP contribution in [0.4, 0.5) is 0 Å². The number of aliphatic hydroxyl groups is 1. The van der Waals surface area contributed by atoms with Crippen LogP contribution in [0.2, 0.25) is 0 Å². The standard InChI is InChI=1S/C34H61N5O7S/c1-10-14-39(31(43)17-23(3)11-2)21-33(45)46-27(34(5,6)7)16-24(4)15-26(40)18-30-37-25(22-47-30)12-13-28(41)36-19-32(44)38(9)20-29(42)35-8/h23-27,40H,10-22H2,1-9H3,(H,35,42)(H,36,41)/t23?,24-,25?,26?,27?/m0/s1. The van der Waals surface area contributed by atoms with E-state index in [0.29, 0.717) is 38.6 Å². The van der Waals surface area contributed by atoms with E-state index in [4.69, 9.17) is 9.73 Å². The van der Waals surface area contributed by atoms with E-state index in [1.54, 1.807) is 16.7 Å². The maximum absolute atomic E-state index is 13.0. The van der Waals surface area contributed by atoms with Gasteiger partial charge in [0.2, 0.25) is 23.6 Å². The molecule has 0 fully saturated rings. The molecule has 47 heavy (non-hydrogen) atoms. The second-order valence-electron chi connectivity index (χ2n) is 14.0. The van der Waals surface area contributed by atoms with Gasteiger partial charge in [0.15, 0.2) is 0 Å². The lowest BCUT2D eigenvalue weighted by molar-refractivity contribution is -0.160. The molecule has 0 aromatic rings. The van der Waals surface area contributed by atoms with Crippen LogP contribution in [0.5, 0.6) is 0 Å². The quantitative estimate of drug-likeness (QED) is 0.155. The van der Waals surface area contributed by atoms with E-state index in [-0.39, 0.29) is 79.1 Å². The molecule has 270 valence electrons. The summed E-state index contributed by atoms with van der Waals surface area (Å²) in [6.45, 7) is 14.4. The number of esters is 1. The number of nitrogens with zero attached hydrogens (tertiary/aromatic N) is 3. The molecule has 0 aromatic carbocycles. The summed E-state index contributed by atoms with van der Waals surface area (Å²) in [6.07, 6.45) is 3.41. The highest BCUT2D eigenvalue weighted by Gasteiger charge is 2.32. The number of ether oxygens (including phenoxy) is 1. The Labute approximate surface area is 286 Å². The average Bonchev–Trinajstić information content (AvgIpc) is 3.44. The minimum Gasteiger partial charge on any atom is -0.460 e. The Hall–Kier alpha value is -2.67. The Bertz CT molecular complexity index is 1060. The predicted molar refractivity (Wildman–Crippen MR) is 187 cm³/mol. The molecule has 0 bridgehead atoms. The van der Waals surface area contributed by atoms with Crippen molar-refractivity contribution < 1.29 is 33.8 Å². The fraction of sp³-hybridized carbons (Fsp3) is 0.824. The van der Waals surface area contributed by atoms with E-state index in [1.165, 1.54) is 19.0 Å². The summed E-state index contributed by atoms with van der Waals surface area (Å²) < 4.78 is 5.97. The van der Waals surface area contributed by atoms with Gasteiger partial charge in [-0.15, -0.1) is 11.8 Å². The number of thioether (sulfide) groups is 1. The van der Waals surface area contributed by atoms with E-state index in [2.05, 4.69) is 17.6 Å². The summed E-state index contributed by atoms with van der Waals surface area (Å²) in [5, 5.41) is 16.8. The molecule has 0 aliphatic carbocycles. The largest absolute Gasteiger partial charge is 0.460 e. The highest BCUT2D eigenvalue weighted by atomic mass is 32.2. The van der Waals surface area contributed by atoms with Crippen LogP contribution in [0.15, 0.2) is 4.99 Å². The molecule has 0 radical (unpaired) electrons. The van der Waals surface area contributed by atoms with Crippen molar-refractivity contribution in [3.05, 3.63) is 0 Å². The maximum atomic E-state index is 13.0. The predicted octanol–water partition coefficient (Wildman–Crippen LogP) is 3.40. The Morgan fingerprint density at radius 2 is 1.72 bits per heavy atom. The third kappa shape index (κ3) is 17.3. The molecule has 1 aliphatic heterocycles. The highest BCUT2D eigenvalue weighted by molar-refractivity contribution is 8.14. The van der Waals surface area contributed by atoms with E-state index < -0.39 is 12.1 Å². The molecule has 12 nitrogen and oxygen atoms in total. The van der Waals surface area contributed by atoms with Crippen LogP contribution in [0.1, 0.15) is 99.8 Å². The zero-order chi connectivity index (χ0) is 35.7. The summed E-state index contributed by atoms with van der Waals surface area (Å²) in [4.78, 5) is 69.2. The summed E-state index contributed by atoms with van der Waals surface area (Å²) in [7, 11) is 3.00. The molecule has 0 spiro atoms. The molecule has 13 heteroatoms. The van der Waals surface area contributed by atoms with E-state index >= 15 is 0 Å². The van der Waals surface area contributed by atoms with Gasteiger partial charge in [0, 0.05) is 45.7 Å². The molecule has 4 amide bonds. The van der Waals surface area contributed by atoms with Crippen LogP contribution >= 0.6 is 11.8 Å². The number of nitrogens with one attached hydrogen (secondary N) is 2. The van der Waals surface area contributed by atoms with Crippen LogP contribution in [0, 0.1) is 17.3 Å². The van der Waals surface area contributed by atoms with Gasteiger partial charge in [-0.2, -0.15) is 0 Å². The van der Waals surface area contributed by atoms with Crippen molar-refractivity contribution in [2.75, 3.05) is 46.0 Å². The van der Waals surface area contributed by atoms with Crippen molar-refractivity contribution in [1.82, 2.24) is 20.4 Å². The molecule has 0 saturated carbocycles. The number of likely N-dealkylation sites (N-methyl/N-ethyl adjacent to an activating group) is 2. The minimum atomic E-state index is -0.606. The molecule has 5 atom stereocenters. The zero-order valence-electron chi connectivity index (χ0n) is 30.2. The van der Waals surface area contributed by atoms with Crippen molar-refractivity contribution >= 4 is 46.4 Å². The zero-order valence-corrected chi connectivity index (χ0v) is 31.0. The lowest BCUT2D eigenvalue weighted by Gasteiger charge is -2.33. The van der Waals surface area contributed by atoms with Crippen LogP contribution < -0.4 is 10.6 Å². The molecular formula is C34H61N5O7S. The van der Waals surface area contributed by atoms with E-state index in [1.807, 2.05) is 41.5 Å². The molecule has 0 saturated heterocycles. The Morgan fingerprint density at radius 3 is 2.32 bits per heavy atom. The van der Waals surface area contributed by atoms with Crippen molar-refractivity contribution in [3.63, 3.8) is 0 Å². The molecule has 3 N–H and O–H groups in total. The van der Waals surface area contributed by atoms with E-state index in [0.717, 1.165) is 23.6 Å². The number of carbonyl (C=O) groups excluding carboxylic acids is 5. The number of carbonyl (C=O) groups is 5. The first-order chi connectivity index (χ1) is 22.0. The highest BCUT2D eigenvalue weighted by Crippen LogP contribution is 2.31. The monoisotopic (exact) mass is 683 g/mol. The molecule has 1 aliphatic rings. The Balaban J connectivity index is 2.56. The van der Waals surface area contributed by atoms with Gasteiger partial charge in [0.1, 0.15) is 12.6 Å². The van der Waals surface area contributed by atoms with Crippen LogP contribution in [-0.2, 0) is 28.7 Å². The average molecular weight is 684 g/mol. The molecule has 0 aromatic heterocycles. The van der Waals surface area contributed by atoms with Crippen molar-refractivity contribution in [3.8, 4) is 0 Å². The fourth-order valence-corrected chi connectivity index (χ4v) is 6.24. The number of aliphatic hydroxyl groups excluding tert-OH is 1. The van der Waals surface area contributed by atoms with Crippen molar-refractivity contribution in [2.24, 2.45) is 22.2 Å². The lowest BCUT2D eigenvalue weighted by Crippen LogP contribution is -2.42. The number of amides is 4. The third-order valence-electron chi connectivity index (χ3n) is 8.32. The number of aliphatic imine (C=N–C) groups is 1. The van der Waals surface area contributed by atoms with Crippen LogP contribution in [0.25, 0.3) is 0 Å². The molecule has 1 rings (SSSR count). The number of hydrogen-bond acceptors (Lipinski definition) is 9. The smallest absolute Gasteiger partial charge is 0.325 e. The summed E-state index contributed by atoms with van der Waals surface area (Å²) in [6, 6.07) is -0.0361. The van der Waals surface area contributed by atoms with Crippen molar-refractivity contribution in [1.29, 1.82) is 0 Å². The first kappa shape index (κ1) is 42.4. The SMILES string of the molecule is CCCN(CC(=O)OC(C[C@@H](C)CC(O)CC1=NC(CCC(=O)NCC(=O)N(C)CC(=O)NC)CS1)C(C)(C)C)C(=O)CC(C)CC. The summed E-state index contributed by atoms with van der Waals surface area (Å²) >= 11 is 1.59. The summed E-state index contributed by atoms with van der Waals surface area (Å²) in [5.41, 5.74) is -0.315. The second-order valence-corrected chi connectivity index (χ2v) is 15.1. The first-order valence-corrected chi connectivity index (χ1v) is 18.0. The van der Waals surface area contributed by atoms with Crippen molar-refractivity contribution in [2.45, 2.75) is 118 Å². The lowest BCUT2D eigenvalue weighted by atomic mass is 9.82. The van der Waals surface area contributed by atoms with E-state index in [9.17, 15) is 29.1 Å². The molecule has 4 unspecified atom stereocenters. The van der Waals surface area contributed by atoms with Gasteiger partial charge in [-0.3, -0.25) is 29.0 Å². The number of rotatable bonds is 21. The third-order valence-corrected chi connectivity index (χ3v) is 9.48. The van der Waals surface area contributed by atoms with Crippen LogP contribution in [-0.4, -0.2) is 114 Å². The van der Waals surface area contributed by atoms with Crippen LogP contribution in [0.3, 0.4) is 0 Å². The number of hydrogen-bond donors (Lipinski definition) is 3. The normalized spacial score (nSPS) is 17.1. The molecular weight excluding hydrogens is 622 g/mol. The topological polar surface area (TPSA) is 158 Å². The van der Waals surface area contributed by atoms with Gasteiger partial charge in [0.25, 0.3) is 0 Å². The van der Waals surface area contributed by atoms with Gasteiger partial charge in [-0.05, 0) is 42.9 Å². The first-order valence-electron chi connectivity index (χ1n) is 17.0. The Morgan fingerprint density at radius 1 is 1.04 bits per heavy atom.